The lowest BCUT2D eigenvalue weighted by atomic mass is 9.85. The topological polar surface area (TPSA) is 41.1 Å². The van der Waals surface area contributed by atoms with Crippen molar-refractivity contribution in [2.45, 2.75) is 63.2 Å². The minimum atomic E-state index is -4.08. The average molecular weight is 278 g/mol. The van der Waals surface area contributed by atoms with E-state index in [1.807, 2.05) is 0 Å². The van der Waals surface area contributed by atoms with Crippen LogP contribution in [0.1, 0.15) is 44.9 Å². The molecule has 1 saturated carbocycles. The van der Waals surface area contributed by atoms with Crippen molar-refractivity contribution >= 4 is 5.91 Å². The Kier molecular flexibility index (Phi) is 4.71. The van der Waals surface area contributed by atoms with E-state index in [2.05, 4.69) is 10.6 Å². The van der Waals surface area contributed by atoms with Gasteiger partial charge in [-0.1, -0.05) is 6.42 Å². The molecule has 0 bridgehead atoms. The monoisotopic (exact) mass is 278 g/mol. The Labute approximate surface area is 111 Å². The van der Waals surface area contributed by atoms with Gasteiger partial charge in [-0.05, 0) is 45.1 Å². The van der Waals surface area contributed by atoms with Crippen molar-refractivity contribution in [1.82, 2.24) is 10.6 Å². The lowest BCUT2D eigenvalue weighted by Gasteiger charge is -2.32. The molecule has 1 atom stereocenters. The second kappa shape index (κ2) is 6.11. The Morgan fingerprint density at radius 2 is 1.74 bits per heavy atom. The van der Waals surface area contributed by atoms with Crippen LogP contribution in [0.2, 0.25) is 0 Å². The van der Waals surface area contributed by atoms with E-state index in [9.17, 15) is 18.0 Å². The van der Waals surface area contributed by atoms with Crippen LogP contribution in [0.4, 0.5) is 13.2 Å². The highest BCUT2D eigenvalue weighted by molar-refractivity contribution is 5.82. The molecule has 0 radical (unpaired) electrons. The summed E-state index contributed by atoms with van der Waals surface area (Å²) in [7, 11) is 0. The highest BCUT2D eigenvalue weighted by atomic mass is 19.4. The van der Waals surface area contributed by atoms with Gasteiger partial charge in [0.1, 0.15) is 0 Å². The largest absolute Gasteiger partial charge is 0.391 e. The smallest absolute Gasteiger partial charge is 0.352 e. The first kappa shape index (κ1) is 14.6. The summed E-state index contributed by atoms with van der Waals surface area (Å²) in [5.41, 5.74) is 0. The van der Waals surface area contributed by atoms with Crippen LogP contribution in [-0.4, -0.2) is 30.7 Å². The molecule has 1 saturated heterocycles. The van der Waals surface area contributed by atoms with E-state index < -0.39 is 12.1 Å². The van der Waals surface area contributed by atoms with E-state index in [1.54, 1.807) is 0 Å². The summed E-state index contributed by atoms with van der Waals surface area (Å²) >= 11 is 0. The van der Waals surface area contributed by atoms with Crippen LogP contribution in [0, 0.1) is 5.92 Å². The molecule has 3 nitrogen and oxygen atoms in total. The van der Waals surface area contributed by atoms with Crippen molar-refractivity contribution in [2.24, 2.45) is 5.92 Å². The van der Waals surface area contributed by atoms with Crippen LogP contribution in [0.25, 0.3) is 0 Å². The molecule has 1 amide bonds. The second-order valence-corrected chi connectivity index (χ2v) is 5.60. The number of hydrogen-bond donors (Lipinski definition) is 2. The molecule has 0 aromatic carbocycles. The minimum absolute atomic E-state index is 0.0461. The first-order chi connectivity index (χ1) is 8.97. The third-order valence-electron chi connectivity index (χ3n) is 4.16. The SMILES string of the molecule is O=C(NC1CCC(C(F)(F)F)CC1)[C@H]1CCCCN1. The van der Waals surface area contributed by atoms with Gasteiger partial charge in [-0.25, -0.2) is 0 Å². The van der Waals surface area contributed by atoms with E-state index >= 15 is 0 Å². The number of piperidine rings is 1. The molecule has 0 aromatic rings. The number of halogens is 3. The van der Waals surface area contributed by atoms with Crippen molar-refractivity contribution in [3.63, 3.8) is 0 Å². The molecular formula is C13H21F3N2O. The van der Waals surface area contributed by atoms with Crippen molar-refractivity contribution in [3.05, 3.63) is 0 Å². The van der Waals surface area contributed by atoms with E-state index in [1.165, 1.54) is 0 Å². The molecule has 2 rings (SSSR count). The van der Waals surface area contributed by atoms with E-state index in [0.29, 0.717) is 12.8 Å². The van der Waals surface area contributed by atoms with Gasteiger partial charge in [0.25, 0.3) is 0 Å². The van der Waals surface area contributed by atoms with E-state index in [-0.39, 0.29) is 30.8 Å². The molecule has 2 fully saturated rings. The lowest BCUT2D eigenvalue weighted by molar-refractivity contribution is -0.182. The Hall–Kier alpha value is -0.780. The first-order valence-electron chi connectivity index (χ1n) is 7.07. The molecule has 2 N–H and O–H groups in total. The molecule has 0 aromatic heterocycles. The number of nitrogens with one attached hydrogen (secondary N) is 2. The summed E-state index contributed by atoms with van der Waals surface area (Å²) in [4.78, 5) is 11.9. The van der Waals surface area contributed by atoms with Crippen molar-refractivity contribution in [2.75, 3.05) is 6.54 Å². The molecule has 0 spiro atoms. The second-order valence-electron chi connectivity index (χ2n) is 5.60. The molecule has 0 unspecified atom stereocenters. The van der Waals surface area contributed by atoms with Crippen LogP contribution >= 0.6 is 0 Å². The molecule has 19 heavy (non-hydrogen) atoms. The number of carbonyl (C=O) groups is 1. The fraction of sp³-hybridized carbons (Fsp3) is 0.923. The third kappa shape index (κ3) is 4.09. The van der Waals surface area contributed by atoms with Gasteiger partial charge in [-0.3, -0.25) is 4.79 Å². The summed E-state index contributed by atoms with van der Waals surface area (Å²) in [6, 6.07) is -0.246. The normalized spacial score (nSPS) is 32.9. The maximum atomic E-state index is 12.5. The van der Waals surface area contributed by atoms with Gasteiger partial charge >= 0.3 is 6.18 Å². The maximum absolute atomic E-state index is 12.5. The summed E-state index contributed by atoms with van der Waals surface area (Å²) in [5.74, 6) is -1.23. The van der Waals surface area contributed by atoms with Gasteiger partial charge in [0.15, 0.2) is 0 Å². The Balaban J connectivity index is 1.74. The number of alkyl halides is 3. The van der Waals surface area contributed by atoms with Crippen molar-refractivity contribution in [1.29, 1.82) is 0 Å². The highest BCUT2D eigenvalue weighted by Crippen LogP contribution is 2.37. The standard InChI is InChI=1S/C13H21F3N2O/c14-13(15,16)9-4-6-10(7-5-9)18-12(19)11-3-1-2-8-17-11/h9-11,17H,1-8H2,(H,18,19)/t9?,10?,11-/m1/s1. The number of hydrogen-bond acceptors (Lipinski definition) is 2. The minimum Gasteiger partial charge on any atom is -0.352 e. The van der Waals surface area contributed by atoms with Crippen LogP contribution in [0.15, 0.2) is 0 Å². The van der Waals surface area contributed by atoms with Gasteiger partial charge in [0, 0.05) is 6.04 Å². The molecule has 1 heterocycles. The highest BCUT2D eigenvalue weighted by Gasteiger charge is 2.41. The first-order valence-corrected chi connectivity index (χ1v) is 7.07. The average Bonchev–Trinajstić information content (AvgIpc) is 2.39. The third-order valence-corrected chi connectivity index (χ3v) is 4.16. The summed E-state index contributed by atoms with van der Waals surface area (Å²) in [6.07, 6.45) is -0.0135. The van der Waals surface area contributed by atoms with Gasteiger partial charge in [0.2, 0.25) is 5.91 Å². The van der Waals surface area contributed by atoms with Crippen LogP contribution < -0.4 is 10.6 Å². The van der Waals surface area contributed by atoms with Crippen molar-refractivity contribution in [3.8, 4) is 0 Å². The van der Waals surface area contributed by atoms with Gasteiger partial charge in [0.05, 0.1) is 12.0 Å². The molecule has 110 valence electrons. The van der Waals surface area contributed by atoms with Gasteiger partial charge < -0.3 is 10.6 Å². The summed E-state index contributed by atoms with van der Waals surface area (Å²) in [6.45, 7) is 0.846. The quantitative estimate of drug-likeness (QED) is 0.814. The summed E-state index contributed by atoms with van der Waals surface area (Å²) < 4.78 is 37.6. The summed E-state index contributed by atoms with van der Waals surface area (Å²) in [5, 5.41) is 6.04. The van der Waals surface area contributed by atoms with Crippen LogP contribution in [-0.2, 0) is 4.79 Å². The lowest BCUT2D eigenvalue weighted by Crippen LogP contribution is -2.50. The fourth-order valence-electron chi connectivity index (χ4n) is 2.94. The molecule has 6 heteroatoms. The number of carbonyl (C=O) groups excluding carboxylic acids is 1. The Morgan fingerprint density at radius 3 is 2.26 bits per heavy atom. The molecule has 1 aliphatic carbocycles. The number of rotatable bonds is 2. The van der Waals surface area contributed by atoms with Crippen LogP contribution in [0.3, 0.4) is 0 Å². The molecule has 1 aliphatic heterocycles. The molecular weight excluding hydrogens is 257 g/mol. The Morgan fingerprint density at radius 1 is 1.05 bits per heavy atom. The van der Waals surface area contributed by atoms with Crippen LogP contribution in [0.5, 0.6) is 0 Å². The van der Waals surface area contributed by atoms with E-state index in [4.69, 9.17) is 0 Å². The zero-order valence-corrected chi connectivity index (χ0v) is 10.9. The maximum Gasteiger partial charge on any atom is 0.391 e. The fourth-order valence-corrected chi connectivity index (χ4v) is 2.94. The zero-order valence-electron chi connectivity index (χ0n) is 10.9. The predicted molar refractivity (Wildman–Crippen MR) is 65.6 cm³/mol. The van der Waals surface area contributed by atoms with E-state index in [0.717, 1.165) is 25.8 Å². The predicted octanol–water partition coefficient (Wildman–Crippen LogP) is 2.37. The van der Waals surface area contributed by atoms with Gasteiger partial charge in [-0.2, -0.15) is 13.2 Å². The number of amides is 1. The molecule has 2 aliphatic rings. The van der Waals surface area contributed by atoms with Gasteiger partial charge in [-0.15, -0.1) is 0 Å². The van der Waals surface area contributed by atoms with Crippen molar-refractivity contribution < 1.29 is 18.0 Å². The zero-order chi connectivity index (χ0) is 13.9. The Bertz CT molecular complexity index is 306.